The molecule has 0 unspecified atom stereocenters. The summed E-state index contributed by atoms with van der Waals surface area (Å²) in [5.41, 5.74) is 1.62. The van der Waals surface area contributed by atoms with Crippen LogP contribution in [0.2, 0.25) is 0 Å². The third-order valence-corrected chi connectivity index (χ3v) is 3.13. The normalized spacial score (nSPS) is 9.91. The Kier molecular flexibility index (Phi) is 5.14. The van der Waals surface area contributed by atoms with E-state index in [2.05, 4.69) is 5.32 Å². The number of carbonyl (C=O) groups is 2. The summed E-state index contributed by atoms with van der Waals surface area (Å²) in [5.74, 6) is 0.0436. The lowest BCUT2D eigenvalue weighted by atomic mass is 10.1. The van der Waals surface area contributed by atoms with Gasteiger partial charge in [0.2, 0.25) is 5.91 Å². The molecule has 0 saturated carbocycles. The maximum Gasteiger partial charge on any atom is 0.339 e. The summed E-state index contributed by atoms with van der Waals surface area (Å²) < 4.78 is 9.77. The summed E-state index contributed by atoms with van der Waals surface area (Å²) in [4.78, 5) is 23.8. The molecular weight excluding hydrogens is 282 g/mol. The number of methoxy groups -OCH3 is 2. The minimum absolute atomic E-state index is 0.207. The SMILES string of the molecule is COC(=O)c1ccccc1NC(=O)Cc1ccc(OC)cc1. The molecule has 5 heteroatoms. The van der Waals surface area contributed by atoms with Crippen molar-refractivity contribution in [1.82, 2.24) is 0 Å². The Morgan fingerprint density at radius 3 is 2.32 bits per heavy atom. The van der Waals surface area contributed by atoms with Crippen LogP contribution >= 0.6 is 0 Å². The quantitative estimate of drug-likeness (QED) is 0.862. The van der Waals surface area contributed by atoms with Crippen LogP contribution < -0.4 is 10.1 Å². The number of benzene rings is 2. The Balaban J connectivity index is 2.07. The standard InChI is InChI=1S/C17H17NO4/c1-21-13-9-7-12(8-10-13)11-16(19)18-15-6-4-3-5-14(15)17(20)22-2/h3-10H,11H2,1-2H3,(H,18,19). The Morgan fingerprint density at radius 1 is 1.00 bits per heavy atom. The van der Waals surface area contributed by atoms with Gasteiger partial charge in [-0.3, -0.25) is 4.79 Å². The summed E-state index contributed by atoms with van der Waals surface area (Å²) in [6, 6.07) is 14.0. The molecule has 2 aromatic carbocycles. The summed E-state index contributed by atoms with van der Waals surface area (Å²) in [7, 11) is 2.89. The van der Waals surface area contributed by atoms with Gasteiger partial charge in [0.25, 0.3) is 0 Å². The van der Waals surface area contributed by atoms with Crippen molar-refractivity contribution in [2.45, 2.75) is 6.42 Å². The number of anilines is 1. The maximum absolute atomic E-state index is 12.1. The van der Waals surface area contributed by atoms with Crippen LogP contribution in [0.1, 0.15) is 15.9 Å². The fourth-order valence-electron chi connectivity index (χ4n) is 2.00. The van der Waals surface area contributed by atoms with Gasteiger partial charge in [0.1, 0.15) is 5.75 Å². The van der Waals surface area contributed by atoms with E-state index in [1.807, 2.05) is 12.1 Å². The minimum atomic E-state index is -0.486. The van der Waals surface area contributed by atoms with Gasteiger partial charge in [0.15, 0.2) is 0 Å². The van der Waals surface area contributed by atoms with Crippen LogP contribution in [0.3, 0.4) is 0 Å². The summed E-state index contributed by atoms with van der Waals surface area (Å²) in [6.07, 6.45) is 0.208. The molecule has 0 bridgehead atoms. The second kappa shape index (κ2) is 7.26. The van der Waals surface area contributed by atoms with E-state index < -0.39 is 5.97 Å². The van der Waals surface area contributed by atoms with Crippen molar-refractivity contribution in [3.8, 4) is 5.75 Å². The highest BCUT2D eigenvalue weighted by Crippen LogP contribution is 2.17. The van der Waals surface area contributed by atoms with Gasteiger partial charge in [0.05, 0.1) is 31.9 Å². The molecule has 0 saturated heterocycles. The molecule has 0 aromatic heterocycles. The topological polar surface area (TPSA) is 64.6 Å². The number of rotatable bonds is 5. The second-order valence-electron chi connectivity index (χ2n) is 4.61. The van der Waals surface area contributed by atoms with E-state index in [4.69, 9.17) is 9.47 Å². The Morgan fingerprint density at radius 2 is 1.68 bits per heavy atom. The van der Waals surface area contributed by atoms with Gasteiger partial charge in [-0.2, -0.15) is 0 Å². The van der Waals surface area contributed by atoms with Gasteiger partial charge < -0.3 is 14.8 Å². The highest BCUT2D eigenvalue weighted by atomic mass is 16.5. The van der Waals surface area contributed by atoms with Crippen molar-refractivity contribution in [2.24, 2.45) is 0 Å². The zero-order valence-electron chi connectivity index (χ0n) is 12.5. The average molecular weight is 299 g/mol. The number of carbonyl (C=O) groups excluding carboxylic acids is 2. The summed E-state index contributed by atoms with van der Waals surface area (Å²) in [5, 5.41) is 2.73. The molecule has 0 aliphatic carbocycles. The van der Waals surface area contributed by atoms with Gasteiger partial charge in [0, 0.05) is 0 Å². The van der Waals surface area contributed by atoms with E-state index in [-0.39, 0.29) is 12.3 Å². The van der Waals surface area contributed by atoms with Crippen LogP contribution in [0.15, 0.2) is 48.5 Å². The molecule has 0 spiro atoms. The lowest BCUT2D eigenvalue weighted by molar-refractivity contribution is -0.115. The highest BCUT2D eigenvalue weighted by molar-refractivity contribution is 6.01. The van der Waals surface area contributed by atoms with Crippen LogP contribution in [0.4, 0.5) is 5.69 Å². The first-order valence-electron chi connectivity index (χ1n) is 6.74. The molecule has 5 nitrogen and oxygen atoms in total. The number of nitrogens with one attached hydrogen (secondary N) is 1. The van der Waals surface area contributed by atoms with Crippen molar-refractivity contribution < 1.29 is 19.1 Å². The van der Waals surface area contributed by atoms with Crippen molar-refractivity contribution in [3.05, 3.63) is 59.7 Å². The molecule has 0 heterocycles. The third kappa shape index (κ3) is 3.85. The van der Waals surface area contributed by atoms with E-state index in [1.165, 1.54) is 7.11 Å². The molecule has 1 amide bonds. The van der Waals surface area contributed by atoms with Gasteiger partial charge in [-0.15, -0.1) is 0 Å². The molecule has 1 N–H and O–H groups in total. The van der Waals surface area contributed by atoms with Gasteiger partial charge in [-0.25, -0.2) is 4.79 Å². The number of hydrogen-bond donors (Lipinski definition) is 1. The number of ether oxygens (including phenoxy) is 2. The van der Waals surface area contributed by atoms with E-state index in [0.717, 1.165) is 11.3 Å². The second-order valence-corrected chi connectivity index (χ2v) is 4.61. The largest absolute Gasteiger partial charge is 0.497 e. The lowest BCUT2D eigenvalue weighted by Crippen LogP contribution is -2.17. The van der Waals surface area contributed by atoms with Gasteiger partial charge in [-0.05, 0) is 29.8 Å². The molecular formula is C17H17NO4. The van der Waals surface area contributed by atoms with Crippen molar-refractivity contribution in [2.75, 3.05) is 19.5 Å². The zero-order valence-corrected chi connectivity index (χ0v) is 12.5. The van der Waals surface area contributed by atoms with Crippen LogP contribution in [0, 0.1) is 0 Å². The average Bonchev–Trinajstić information content (AvgIpc) is 2.55. The van der Waals surface area contributed by atoms with Crippen LogP contribution in [-0.4, -0.2) is 26.1 Å². The Labute approximate surface area is 128 Å². The Bertz CT molecular complexity index is 665. The smallest absolute Gasteiger partial charge is 0.339 e. The first-order valence-corrected chi connectivity index (χ1v) is 6.74. The van der Waals surface area contributed by atoms with Crippen molar-refractivity contribution >= 4 is 17.6 Å². The number of amides is 1. The molecule has 0 aliphatic heterocycles. The lowest BCUT2D eigenvalue weighted by Gasteiger charge is -2.09. The first kappa shape index (κ1) is 15.6. The van der Waals surface area contributed by atoms with Gasteiger partial charge in [-0.1, -0.05) is 24.3 Å². The Hall–Kier alpha value is -2.82. The third-order valence-electron chi connectivity index (χ3n) is 3.13. The number of para-hydroxylation sites is 1. The molecule has 22 heavy (non-hydrogen) atoms. The molecule has 2 aromatic rings. The van der Waals surface area contributed by atoms with Crippen LogP contribution in [0.25, 0.3) is 0 Å². The first-order chi connectivity index (χ1) is 10.6. The maximum atomic E-state index is 12.1. The van der Waals surface area contributed by atoms with E-state index in [1.54, 1.807) is 43.5 Å². The minimum Gasteiger partial charge on any atom is -0.497 e. The number of hydrogen-bond acceptors (Lipinski definition) is 4. The van der Waals surface area contributed by atoms with Crippen molar-refractivity contribution in [1.29, 1.82) is 0 Å². The zero-order chi connectivity index (χ0) is 15.9. The van der Waals surface area contributed by atoms with Crippen molar-refractivity contribution in [3.63, 3.8) is 0 Å². The molecule has 0 aliphatic rings. The van der Waals surface area contributed by atoms with Crippen LogP contribution in [-0.2, 0) is 16.0 Å². The summed E-state index contributed by atoms with van der Waals surface area (Å²) >= 11 is 0. The molecule has 0 radical (unpaired) electrons. The molecule has 0 fully saturated rings. The van der Waals surface area contributed by atoms with Crippen LogP contribution in [0.5, 0.6) is 5.75 Å². The molecule has 0 atom stereocenters. The predicted molar refractivity (Wildman–Crippen MR) is 83.1 cm³/mol. The fraction of sp³-hybridized carbons (Fsp3) is 0.176. The van der Waals surface area contributed by atoms with Gasteiger partial charge >= 0.3 is 5.97 Å². The molecule has 114 valence electrons. The number of esters is 1. The van der Waals surface area contributed by atoms with E-state index in [0.29, 0.717) is 11.3 Å². The van der Waals surface area contributed by atoms with E-state index >= 15 is 0 Å². The predicted octanol–water partition coefficient (Wildman–Crippen LogP) is 2.66. The fourth-order valence-corrected chi connectivity index (χ4v) is 2.00. The molecule has 2 rings (SSSR count). The highest BCUT2D eigenvalue weighted by Gasteiger charge is 2.13. The monoisotopic (exact) mass is 299 g/mol. The summed E-state index contributed by atoms with van der Waals surface area (Å²) in [6.45, 7) is 0. The van der Waals surface area contributed by atoms with E-state index in [9.17, 15) is 9.59 Å².